The van der Waals surface area contributed by atoms with E-state index in [1.807, 2.05) is 0 Å². The third-order valence-corrected chi connectivity index (χ3v) is 6.34. The maximum absolute atomic E-state index is 15.4. The third kappa shape index (κ3) is 6.52. The molecule has 1 aliphatic carbocycles. The lowest BCUT2D eigenvalue weighted by atomic mass is 9.93. The maximum atomic E-state index is 15.4. The fourth-order valence-electron chi connectivity index (χ4n) is 4.34. The molecule has 2 atom stereocenters. The molecular formula is C23H28F4N6O3. The highest BCUT2D eigenvalue weighted by molar-refractivity contribution is 5.75. The molecule has 1 aromatic heterocycles. The average molecular weight is 513 g/mol. The topological polar surface area (TPSA) is 117 Å². The van der Waals surface area contributed by atoms with Gasteiger partial charge in [0.25, 0.3) is 0 Å². The van der Waals surface area contributed by atoms with E-state index in [2.05, 4.69) is 20.0 Å². The Hall–Kier alpha value is -3.19. The van der Waals surface area contributed by atoms with E-state index in [-0.39, 0.29) is 61.1 Å². The first-order valence-electron chi connectivity index (χ1n) is 11.6. The number of ether oxygens (including phenoxy) is 1. The van der Waals surface area contributed by atoms with Gasteiger partial charge in [-0.25, -0.2) is 14.4 Å². The third-order valence-electron chi connectivity index (χ3n) is 6.34. The minimum Gasteiger partial charge on any atom is -0.435 e. The molecular weight excluding hydrogens is 484 g/mol. The number of anilines is 2. The molecule has 2 aromatic rings. The van der Waals surface area contributed by atoms with Gasteiger partial charge in [-0.15, -0.1) is 0 Å². The van der Waals surface area contributed by atoms with Crippen molar-refractivity contribution in [1.82, 2.24) is 14.9 Å². The van der Waals surface area contributed by atoms with Gasteiger partial charge in [-0.2, -0.15) is 13.2 Å². The van der Waals surface area contributed by atoms with Crippen molar-refractivity contribution < 1.29 is 32.2 Å². The fraction of sp³-hybridized carbons (Fsp3) is 0.522. The summed E-state index contributed by atoms with van der Waals surface area (Å²) >= 11 is 0. The maximum Gasteiger partial charge on any atom is 0.387 e. The van der Waals surface area contributed by atoms with E-state index in [1.165, 1.54) is 18.5 Å². The molecule has 4 N–H and O–H groups in total. The number of amides is 1. The van der Waals surface area contributed by atoms with Gasteiger partial charge < -0.3 is 25.8 Å². The quantitative estimate of drug-likeness (QED) is 0.392. The zero-order chi connectivity index (χ0) is 25.8. The monoisotopic (exact) mass is 512 g/mol. The SMILES string of the molecule is NC(=O)CN1CC[C@@H](CNc2ncnc(N(Cc3ccc(OC(F)F)cc3F)C3CC3)c2F)[C@H](O)C1. The molecule has 2 aliphatic rings. The summed E-state index contributed by atoms with van der Waals surface area (Å²) in [6.07, 6.45) is 2.61. The molecule has 1 amide bonds. The number of nitrogens with zero attached hydrogens (tertiary/aromatic N) is 4. The number of primary amides is 1. The van der Waals surface area contributed by atoms with Gasteiger partial charge in [-0.1, -0.05) is 6.07 Å². The molecule has 0 bridgehead atoms. The molecule has 196 valence electrons. The van der Waals surface area contributed by atoms with Gasteiger partial charge in [-0.05, 0) is 31.9 Å². The van der Waals surface area contributed by atoms with Crippen molar-refractivity contribution in [3.8, 4) is 5.75 Å². The van der Waals surface area contributed by atoms with Crippen LogP contribution in [0.2, 0.25) is 0 Å². The lowest BCUT2D eigenvalue weighted by molar-refractivity contribution is -0.120. The van der Waals surface area contributed by atoms with Crippen molar-refractivity contribution in [3.63, 3.8) is 0 Å². The van der Waals surface area contributed by atoms with Crippen molar-refractivity contribution in [2.45, 2.75) is 44.6 Å². The van der Waals surface area contributed by atoms with E-state index in [1.54, 1.807) is 9.80 Å². The number of halogens is 4. The van der Waals surface area contributed by atoms with Crippen LogP contribution in [0.5, 0.6) is 5.75 Å². The van der Waals surface area contributed by atoms with Crippen molar-refractivity contribution in [3.05, 3.63) is 41.7 Å². The van der Waals surface area contributed by atoms with Crippen LogP contribution in [0.4, 0.5) is 29.2 Å². The molecule has 0 radical (unpaired) electrons. The Morgan fingerprint density at radius 3 is 2.69 bits per heavy atom. The molecule has 1 aliphatic heterocycles. The Morgan fingerprint density at radius 2 is 2.06 bits per heavy atom. The van der Waals surface area contributed by atoms with Gasteiger partial charge in [-0.3, -0.25) is 9.69 Å². The summed E-state index contributed by atoms with van der Waals surface area (Å²) in [4.78, 5) is 22.6. The molecule has 1 aromatic carbocycles. The molecule has 36 heavy (non-hydrogen) atoms. The van der Waals surface area contributed by atoms with Crippen molar-refractivity contribution in [1.29, 1.82) is 0 Å². The number of aliphatic hydroxyl groups excluding tert-OH is 1. The number of piperidine rings is 1. The van der Waals surface area contributed by atoms with Crippen molar-refractivity contribution in [2.24, 2.45) is 11.7 Å². The normalized spacial score (nSPS) is 20.4. The van der Waals surface area contributed by atoms with Gasteiger partial charge in [0.15, 0.2) is 11.6 Å². The molecule has 1 saturated heterocycles. The zero-order valence-corrected chi connectivity index (χ0v) is 19.4. The highest BCUT2D eigenvalue weighted by atomic mass is 19.3. The Labute approximate surface area is 205 Å². The van der Waals surface area contributed by atoms with Crippen LogP contribution >= 0.6 is 0 Å². The number of β-amino-alcohol motifs (C(OH)–C–C–N with tert-alkyl or cyclic N) is 1. The summed E-state index contributed by atoms with van der Waals surface area (Å²) in [6.45, 7) is -1.90. The highest BCUT2D eigenvalue weighted by Gasteiger charge is 2.34. The minimum atomic E-state index is -3.07. The Kier molecular flexibility index (Phi) is 8.09. The van der Waals surface area contributed by atoms with Crippen molar-refractivity contribution in [2.75, 3.05) is 36.4 Å². The van der Waals surface area contributed by atoms with E-state index in [4.69, 9.17) is 5.73 Å². The largest absolute Gasteiger partial charge is 0.435 e. The first kappa shape index (κ1) is 25.9. The summed E-state index contributed by atoms with van der Waals surface area (Å²) in [5, 5.41) is 13.4. The molecule has 0 unspecified atom stereocenters. The van der Waals surface area contributed by atoms with Gasteiger partial charge in [0.05, 0.1) is 12.6 Å². The van der Waals surface area contributed by atoms with Crippen LogP contribution < -0.4 is 20.7 Å². The van der Waals surface area contributed by atoms with Gasteiger partial charge >= 0.3 is 6.61 Å². The number of nitrogens with one attached hydrogen (secondary N) is 1. The number of aromatic nitrogens is 2. The number of alkyl halides is 2. The number of hydrogen-bond donors (Lipinski definition) is 3. The van der Waals surface area contributed by atoms with E-state index in [0.717, 1.165) is 18.9 Å². The van der Waals surface area contributed by atoms with Gasteiger partial charge in [0, 0.05) is 43.2 Å². The van der Waals surface area contributed by atoms with E-state index < -0.39 is 30.3 Å². The molecule has 0 spiro atoms. The van der Waals surface area contributed by atoms with Crippen molar-refractivity contribution >= 4 is 17.5 Å². The predicted octanol–water partition coefficient (Wildman–Crippen LogP) is 2.11. The molecule has 4 rings (SSSR count). The van der Waals surface area contributed by atoms with Gasteiger partial charge in [0.1, 0.15) is 17.9 Å². The molecule has 1 saturated carbocycles. The molecule has 2 heterocycles. The van der Waals surface area contributed by atoms with Crippen LogP contribution in [0.25, 0.3) is 0 Å². The first-order valence-corrected chi connectivity index (χ1v) is 11.6. The van der Waals surface area contributed by atoms with Crippen LogP contribution in [0.15, 0.2) is 24.5 Å². The molecule has 13 heteroatoms. The zero-order valence-electron chi connectivity index (χ0n) is 19.4. The second kappa shape index (κ2) is 11.2. The van der Waals surface area contributed by atoms with Gasteiger partial charge in [0.2, 0.25) is 11.7 Å². The van der Waals surface area contributed by atoms with E-state index >= 15 is 4.39 Å². The van der Waals surface area contributed by atoms with E-state index in [0.29, 0.717) is 13.0 Å². The fourth-order valence-corrected chi connectivity index (χ4v) is 4.34. The minimum absolute atomic E-state index is 0.000803. The second-order valence-electron chi connectivity index (χ2n) is 9.05. The summed E-state index contributed by atoms with van der Waals surface area (Å²) in [5.74, 6) is -2.45. The lowest BCUT2D eigenvalue weighted by Gasteiger charge is -2.35. The number of benzene rings is 1. The lowest BCUT2D eigenvalue weighted by Crippen LogP contribution is -2.48. The average Bonchev–Trinajstić information content (AvgIpc) is 3.64. The summed E-state index contributed by atoms with van der Waals surface area (Å²) < 4.78 is 59.0. The number of carbonyl (C=O) groups is 1. The predicted molar refractivity (Wildman–Crippen MR) is 122 cm³/mol. The number of aliphatic hydroxyl groups is 1. The summed E-state index contributed by atoms with van der Waals surface area (Å²) in [5.41, 5.74) is 5.39. The van der Waals surface area contributed by atoms with E-state index in [9.17, 15) is 23.1 Å². The van der Waals surface area contributed by atoms with Crippen LogP contribution in [0, 0.1) is 17.6 Å². The number of nitrogens with two attached hydrogens (primary N) is 1. The Balaban J connectivity index is 1.43. The highest BCUT2D eigenvalue weighted by Crippen LogP contribution is 2.35. The smallest absolute Gasteiger partial charge is 0.387 e. The number of hydrogen-bond acceptors (Lipinski definition) is 8. The standard InChI is InChI=1S/C23H28F4N6O3/c24-17-7-16(36-23(26)27)4-1-14(17)9-33(15-2-3-15)22-20(25)21(30-12-31-22)29-8-13-5-6-32(10-18(13)34)11-19(28)35/h1,4,7,12-13,15,18,23,34H,2-3,5-6,8-11H2,(H2,28,35)(H,29,30,31)/t13-,18+/m0/s1. The van der Waals surface area contributed by atoms with Crippen LogP contribution in [0.3, 0.4) is 0 Å². The number of likely N-dealkylation sites (tertiary alicyclic amines) is 1. The Bertz CT molecular complexity index is 1070. The molecule has 2 fully saturated rings. The number of rotatable bonds is 11. The summed E-state index contributed by atoms with van der Waals surface area (Å²) in [6, 6.07) is 3.39. The Morgan fingerprint density at radius 1 is 1.28 bits per heavy atom. The van der Waals surface area contributed by atoms with Crippen LogP contribution in [-0.4, -0.2) is 70.8 Å². The number of carbonyl (C=O) groups excluding carboxylic acids is 1. The van der Waals surface area contributed by atoms with Crippen LogP contribution in [0.1, 0.15) is 24.8 Å². The van der Waals surface area contributed by atoms with Crippen LogP contribution in [-0.2, 0) is 11.3 Å². The summed E-state index contributed by atoms with van der Waals surface area (Å²) in [7, 11) is 0. The second-order valence-corrected chi connectivity index (χ2v) is 9.05. The molecule has 9 nitrogen and oxygen atoms in total. The first-order chi connectivity index (χ1) is 17.2.